The molecule has 1 aromatic rings. The number of carbonyl (C=O) groups is 1. The molecule has 0 aromatic heterocycles. The summed E-state index contributed by atoms with van der Waals surface area (Å²) in [5.74, 6) is 0.186. The van der Waals surface area contributed by atoms with E-state index in [0.29, 0.717) is 32.0 Å². The molecule has 2 amide bonds. The third kappa shape index (κ3) is 3.34. The van der Waals surface area contributed by atoms with Gasteiger partial charge in [0.25, 0.3) is 0 Å². The Kier molecular flexibility index (Phi) is 4.57. The Labute approximate surface area is 136 Å². The first-order valence-electron chi connectivity index (χ1n) is 8.48. The summed E-state index contributed by atoms with van der Waals surface area (Å²) in [6.07, 6.45) is 4.06. The van der Waals surface area contributed by atoms with Gasteiger partial charge < -0.3 is 15.3 Å². The second-order valence-corrected chi connectivity index (χ2v) is 7.00. The standard InChI is InChI=1S/C18H25FN2O2/c1-13-12-21(9-8-18(13,23)15-5-3-6-15)17(22)20-11-14-4-2-7-16(19)10-14/h2,4,7,10,13,15,23H,3,5-6,8-9,11-12H2,1H3,(H,20,22)/t13-,18+/m1/s1. The zero-order chi connectivity index (χ0) is 16.4. The van der Waals surface area contributed by atoms with Crippen LogP contribution in [0.15, 0.2) is 24.3 Å². The first-order valence-corrected chi connectivity index (χ1v) is 8.48. The number of hydrogen-bond acceptors (Lipinski definition) is 2. The summed E-state index contributed by atoms with van der Waals surface area (Å²) in [6.45, 7) is 3.49. The van der Waals surface area contributed by atoms with Crippen molar-refractivity contribution in [3.8, 4) is 0 Å². The van der Waals surface area contributed by atoms with Crippen molar-refractivity contribution >= 4 is 6.03 Å². The fourth-order valence-electron chi connectivity index (χ4n) is 3.78. The van der Waals surface area contributed by atoms with Crippen molar-refractivity contribution in [3.05, 3.63) is 35.6 Å². The van der Waals surface area contributed by atoms with Crippen molar-refractivity contribution in [3.63, 3.8) is 0 Å². The maximum atomic E-state index is 13.1. The molecule has 2 atom stereocenters. The van der Waals surface area contributed by atoms with Gasteiger partial charge in [0.2, 0.25) is 0 Å². The van der Waals surface area contributed by atoms with Crippen LogP contribution < -0.4 is 5.32 Å². The van der Waals surface area contributed by atoms with E-state index in [4.69, 9.17) is 0 Å². The van der Waals surface area contributed by atoms with Crippen LogP contribution in [0.4, 0.5) is 9.18 Å². The molecule has 1 aliphatic heterocycles. The maximum absolute atomic E-state index is 13.1. The van der Waals surface area contributed by atoms with E-state index in [2.05, 4.69) is 5.32 Å². The Morgan fingerprint density at radius 1 is 1.48 bits per heavy atom. The third-order valence-corrected chi connectivity index (χ3v) is 5.56. The number of rotatable bonds is 3. The van der Waals surface area contributed by atoms with Crippen molar-refractivity contribution in [1.29, 1.82) is 0 Å². The molecule has 2 aliphatic rings. The van der Waals surface area contributed by atoms with Gasteiger partial charge in [0.15, 0.2) is 0 Å². The summed E-state index contributed by atoms with van der Waals surface area (Å²) in [5, 5.41) is 13.7. The van der Waals surface area contributed by atoms with Gasteiger partial charge in [-0.25, -0.2) is 9.18 Å². The fraction of sp³-hybridized carbons (Fsp3) is 0.611. The van der Waals surface area contributed by atoms with E-state index in [1.807, 2.05) is 6.92 Å². The van der Waals surface area contributed by atoms with Crippen LogP contribution in [0.5, 0.6) is 0 Å². The van der Waals surface area contributed by atoms with Crippen LogP contribution in [0.2, 0.25) is 0 Å². The number of aliphatic hydroxyl groups is 1. The Balaban J connectivity index is 1.53. The Morgan fingerprint density at radius 3 is 2.87 bits per heavy atom. The van der Waals surface area contributed by atoms with Crippen LogP contribution in [0, 0.1) is 17.7 Å². The van der Waals surface area contributed by atoms with Crippen molar-refractivity contribution in [2.24, 2.45) is 11.8 Å². The van der Waals surface area contributed by atoms with Crippen molar-refractivity contribution in [2.75, 3.05) is 13.1 Å². The minimum absolute atomic E-state index is 0.0847. The molecule has 5 heteroatoms. The highest BCUT2D eigenvalue weighted by Gasteiger charge is 2.47. The summed E-state index contributed by atoms with van der Waals surface area (Å²) >= 11 is 0. The first-order chi connectivity index (χ1) is 11.0. The molecule has 0 spiro atoms. The number of piperidine rings is 1. The van der Waals surface area contributed by atoms with E-state index < -0.39 is 5.60 Å². The largest absolute Gasteiger partial charge is 0.389 e. The second kappa shape index (κ2) is 6.48. The van der Waals surface area contributed by atoms with E-state index in [9.17, 15) is 14.3 Å². The van der Waals surface area contributed by atoms with E-state index in [1.54, 1.807) is 17.0 Å². The van der Waals surface area contributed by atoms with Gasteiger partial charge in [0.1, 0.15) is 5.82 Å². The van der Waals surface area contributed by atoms with Gasteiger partial charge in [-0.3, -0.25) is 0 Å². The zero-order valence-corrected chi connectivity index (χ0v) is 13.6. The van der Waals surface area contributed by atoms with Gasteiger partial charge in [-0.1, -0.05) is 25.5 Å². The molecule has 2 fully saturated rings. The smallest absolute Gasteiger partial charge is 0.317 e. The summed E-state index contributed by atoms with van der Waals surface area (Å²) in [5.41, 5.74) is 0.131. The highest BCUT2D eigenvalue weighted by Crippen LogP contribution is 2.44. The summed E-state index contributed by atoms with van der Waals surface area (Å²) in [4.78, 5) is 14.1. The predicted molar refractivity (Wildman–Crippen MR) is 86.3 cm³/mol. The molecule has 1 heterocycles. The average molecular weight is 320 g/mol. The van der Waals surface area contributed by atoms with E-state index >= 15 is 0 Å². The number of urea groups is 1. The molecule has 3 rings (SSSR count). The molecule has 0 radical (unpaired) electrons. The van der Waals surface area contributed by atoms with Crippen molar-refractivity contribution in [1.82, 2.24) is 10.2 Å². The van der Waals surface area contributed by atoms with Crippen molar-refractivity contribution in [2.45, 2.75) is 44.8 Å². The molecule has 126 valence electrons. The van der Waals surface area contributed by atoms with E-state index in [-0.39, 0.29) is 17.8 Å². The molecule has 2 N–H and O–H groups in total. The number of nitrogens with zero attached hydrogens (tertiary/aromatic N) is 1. The van der Waals surface area contributed by atoms with E-state index in [1.165, 1.54) is 18.6 Å². The van der Waals surface area contributed by atoms with Crippen LogP contribution in [-0.4, -0.2) is 34.7 Å². The number of benzene rings is 1. The molecule has 23 heavy (non-hydrogen) atoms. The second-order valence-electron chi connectivity index (χ2n) is 7.00. The van der Waals surface area contributed by atoms with Crippen molar-refractivity contribution < 1.29 is 14.3 Å². The minimum atomic E-state index is -0.614. The molecular formula is C18H25FN2O2. The number of nitrogens with one attached hydrogen (secondary N) is 1. The molecule has 4 nitrogen and oxygen atoms in total. The number of amides is 2. The Hall–Kier alpha value is -1.62. The van der Waals surface area contributed by atoms with Crippen LogP contribution >= 0.6 is 0 Å². The quantitative estimate of drug-likeness (QED) is 0.900. The molecule has 0 bridgehead atoms. The lowest BCUT2D eigenvalue weighted by Crippen LogP contribution is -2.58. The SMILES string of the molecule is C[C@@H]1CN(C(=O)NCc2cccc(F)c2)CC[C@@]1(O)C1CCC1. The van der Waals surface area contributed by atoms with Crippen LogP contribution in [0.25, 0.3) is 0 Å². The lowest BCUT2D eigenvalue weighted by Gasteiger charge is -2.50. The molecule has 0 unspecified atom stereocenters. The Morgan fingerprint density at radius 2 is 2.26 bits per heavy atom. The number of halogens is 1. The highest BCUT2D eigenvalue weighted by molar-refractivity contribution is 5.74. The molecule has 1 aliphatic carbocycles. The summed E-state index contributed by atoms with van der Waals surface area (Å²) in [7, 11) is 0. The fourth-order valence-corrected chi connectivity index (χ4v) is 3.78. The highest BCUT2D eigenvalue weighted by atomic mass is 19.1. The number of likely N-dealkylation sites (tertiary alicyclic amines) is 1. The summed E-state index contributed by atoms with van der Waals surface area (Å²) < 4.78 is 13.1. The maximum Gasteiger partial charge on any atom is 0.317 e. The molecule has 1 saturated heterocycles. The average Bonchev–Trinajstić information content (AvgIpc) is 2.46. The minimum Gasteiger partial charge on any atom is -0.389 e. The van der Waals surface area contributed by atoms with Gasteiger partial charge in [-0.15, -0.1) is 0 Å². The summed E-state index contributed by atoms with van der Waals surface area (Å²) in [6, 6.07) is 6.10. The van der Waals surface area contributed by atoms with Crippen LogP contribution in [0.3, 0.4) is 0 Å². The Bertz CT molecular complexity index is 576. The number of carbonyl (C=O) groups excluding carboxylic acids is 1. The normalized spacial score (nSPS) is 28.3. The molecule has 1 saturated carbocycles. The lowest BCUT2D eigenvalue weighted by atomic mass is 9.65. The van der Waals surface area contributed by atoms with Gasteiger partial charge in [-0.2, -0.15) is 0 Å². The third-order valence-electron chi connectivity index (χ3n) is 5.56. The zero-order valence-electron chi connectivity index (χ0n) is 13.6. The van der Waals surface area contributed by atoms with Gasteiger partial charge in [-0.05, 0) is 42.9 Å². The monoisotopic (exact) mass is 320 g/mol. The number of hydrogen-bond donors (Lipinski definition) is 2. The first kappa shape index (κ1) is 16.2. The molecule has 1 aromatic carbocycles. The van der Waals surface area contributed by atoms with Gasteiger partial charge in [0, 0.05) is 25.6 Å². The van der Waals surface area contributed by atoms with Crippen LogP contribution in [0.1, 0.15) is 38.2 Å². The van der Waals surface area contributed by atoms with Gasteiger partial charge >= 0.3 is 6.03 Å². The topological polar surface area (TPSA) is 52.6 Å². The lowest BCUT2D eigenvalue weighted by molar-refractivity contribution is -0.121. The molecular weight excluding hydrogens is 295 g/mol. The predicted octanol–water partition coefficient (Wildman–Crippen LogP) is 2.91. The van der Waals surface area contributed by atoms with Crippen LogP contribution in [-0.2, 0) is 6.54 Å². The van der Waals surface area contributed by atoms with E-state index in [0.717, 1.165) is 18.4 Å². The van der Waals surface area contributed by atoms with Gasteiger partial charge in [0.05, 0.1) is 5.60 Å².